The van der Waals surface area contributed by atoms with Crippen molar-refractivity contribution in [1.82, 2.24) is 9.97 Å². The lowest BCUT2D eigenvalue weighted by molar-refractivity contribution is 0.598. The van der Waals surface area contributed by atoms with Gasteiger partial charge in [-0.3, -0.25) is 4.72 Å². The molecule has 19 heavy (non-hydrogen) atoms. The second kappa shape index (κ2) is 5.54. The Kier molecular flexibility index (Phi) is 4.01. The average Bonchev–Trinajstić information content (AvgIpc) is 2.75. The van der Waals surface area contributed by atoms with Crippen LogP contribution in [0.4, 0.5) is 10.8 Å². The highest BCUT2D eigenvalue weighted by Gasteiger charge is 2.21. The standard InChI is InChI=1S/C11H14N4O2S2/c1-3-12-9-5-4-6-13-10(9)19(16,17)15-11-14-7-8(2)18-11/h4-7,12H,3H2,1-2H3,(H,14,15). The van der Waals surface area contributed by atoms with E-state index < -0.39 is 10.0 Å². The molecular formula is C11H14N4O2S2. The van der Waals surface area contributed by atoms with Crippen molar-refractivity contribution in [2.45, 2.75) is 18.9 Å². The van der Waals surface area contributed by atoms with Crippen LogP contribution in [-0.4, -0.2) is 24.9 Å². The number of anilines is 2. The molecule has 2 aromatic rings. The summed E-state index contributed by atoms with van der Waals surface area (Å²) in [6, 6.07) is 3.36. The van der Waals surface area contributed by atoms with E-state index in [-0.39, 0.29) is 5.03 Å². The zero-order valence-electron chi connectivity index (χ0n) is 10.5. The van der Waals surface area contributed by atoms with Crippen molar-refractivity contribution < 1.29 is 8.42 Å². The third-order valence-electron chi connectivity index (χ3n) is 2.24. The van der Waals surface area contributed by atoms with Crippen LogP contribution >= 0.6 is 11.3 Å². The first-order valence-electron chi connectivity index (χ1n) is 5.67. The van der Waals surface area contributed by atoms with E-state index in [9.17, 15) is 8.42 Å². The van der Waals surface area contributed by atoms with E-state index >= 15 is 0 Å². The van der Waals surface area contributed by atoms with E-state index in [0.717, 1.165) is 4.88 Å². The quantitative estimate of drug-likeness (QED) is 0.883. The Labute approximate surface area is 116 Å². The van der Waals surface area contributed by atoms with Crippen molar-refractivity contribution >= 4 is 32.2 Å². The molecule has 0 aliphatic heterocycles. The molecule has 0 aliphatic carbocycles. The number of pyridine rings is 1. The number of thiazole rings is 1. The maximum atomic E-state index is 12.3. The molecule has 0 amide bonds. The summed E-state index contributed by atoms with van der Waals surface area (Å²) in [5.74, 6) is 0. The summed E-state index contributed by atoms with van der Waals surface area (Å²) in [5.41, 5.74) is 0.478. The van der Waals surface area contributed by atoms with Crippen molar-refractivity contribution in [3.05, 3.63) is 29.4 Å². The molecule has 0 saturated carbocycles. The molecule has 102 valence electrons. The smallest absolute Gasteiger partial charge is 0.283 e. The van der Waals surface area contributed by atoms with Crippen LogP contribution in [0, 0.1) is 6.92 Å². The first-order chi connectivity index (χ1) is 9.03. The minimum Gasteiger partial charge on any atom is -0.383 e. The second-order valence-corrected chi connectivity index (χ2v) is 6.60. The van der Waals surface area contributed by atoms with E-state index in [4.69, 9.17) is 0 Å². The summed E-state index contributed by atoms with van der Waals surface area (Å²) in [6.07, 6.45) is 3.06. The molecule has 0 aliphatic rings. The lowest BCUT2D eigenvalue weighted by Gasteiger charge is -2.10. The lowest BCUT2D eigenvalue weighted by atomic mass is 10.4. The Morgan fingerprint density at radius 3 is 2.79 bits per heavy atom. The van der Waals surface area contributed by atoms with Gasteiger partial charge in [-0.15, -0.1) is 11.3 Å². The summed E-state index contributed by atoms with van der Waals surface area (Å²) in [7, 11) is -3.73. The Morgan fingerprint density at radius 1 is 1.37 bits per heavy atom. The molecule has 0 atom stereocenters. The van der Waals surface area contributed by atoms with Crippen LogP contribution in [0.3, 0.4) is 0 Å². The molecule has 0 bridgehead atoms. The van der Waals surface area contributed by atoms with Gasteiger partial charge >= 0.3 is 0 Å². The number of sulfonamides is 1. The number of rotatable bonds is 5. The van der Waals surface area contributed by atoms with Gasteiger partial charge in [-0.25, -0.2) is 9.97 Å². The molecule has 2 aromatic heterocycles. The first-order valence-corrected chi connectivity index (χ1v) is 7.97. The Balaban J connectivity index is 2.34. The molecule has 0 unspecified atom stereocenters. The fourth-order valence-electron chi connectivity index (χ4n) is 1.50. The molecule has 0 radical (unpaired) electrons. The van der Waals surface area contributed by atoms with Gasteiger partial charge in [0, 0.05) is 23.8 Å². The predicted molar refractivity (Wildman–Crippen MR) is 76.1 cm³/mol. The average molecular weight is 298 g/mol. The summed E-state index contributed by atoms with van der Waals surface area (Å²) in [5, 5.41) is 3.29. The van der Waals surface area contributed by atoms with Crippen molar-refractivity contribution in [1.29, 1.82) is 0 Å². The van der Waals surface area contributed by atoms with E-state index in [0.29, 0.717) is 17.4 Å². The maximum absolute atomic E-state index is 12.3. The molecule has 0 saturated heterocycles. The van der Waals surface area contributed by atoms with Gasteiger partial charge in [0.2, 0.25) is 0 Å². The van der Waals surface area contributed by atoms with Gasteiger partial charge in [0.1, 0.15) is 0 Å². The van der Waals surface area contributed by atoms with E-state index in [1.807, 2.05) is 13.8 Å². The molecule has 0 spiro atoms. The van der Waals surface area contributed by atoms with Gasteiger partial charge in [0.25, 0.3) is 10.0 Å². The molecular weight excluding hydrogens is 284 g/mol. The van der Waals surface area contributed by atoms with Gasteiger partial charge < -0.3 is 5.32 Å². The number of hydrogen-bond acceptors (Lipinski definition) is 6. The number of nitrogens with zero attached hydrogens (tertiary/aromatic N) is 2. The van der Waals surface area contributed by atoms with Crippen molar-refractivity contribution in [3.8, 4) is 0 Å². The fraction of sp³-hybridized carbons (Fsp3) is 0.273. The van der Waals surface area contributed by atoms with E-state index in [2.05, 4.69) is 20.0 Å². The van der Waals surface area contributed by atoms with Gasteiger partial charge in [-0.1, -0.05) is 0 Å². The van der Waals surface area contributed by atoms with Gasteiger partial charge in [-0.2, -0.15) is 8.42 Å². The van der Waals surface area contributed by atoms with Crippen LogP contribution in [-0.2, 0) is 10.0 Å². The Bertz CT molecular complexity index is 667. The highest BCUT2D eigenvalue weighted by Crippen LogP contribution is 2.23. The predicted octanol–water partition coefficient (Wildman–Crippen LogP) is 2.08. The Morgan fingerprint density at radius 2 is 2.16 bits per heavy atom. The summed E-state index contributed by atoms with van der Waals surface area (Å²) in [4.78, 5) is 8.85. The number of hydrogen-bond donors (Lipinski definition) is 2. The third kappa shape index (κ3) is 3.21. The summed E-state index contributed by atoms with van der Waals surface area (Å²) in [6.45, 7) is 4.37. The van der Waals surface area contributed by atoms with Gasteiger partial charge in [0.15, 0.2) is 10.2 Å². The topological polar surface area (TPSA) is 84.0 Å². The fourth-order valence-corrected chi connectivity index (χ4v) is 3.52. The lowest BCUT2D eigenvalue weighted by Crippen LogP contribution is -2.16. The van der Waals surface area contributed by atoms with E-state index in [1.165, 1.54) is 17.5 Å². The van der Waals surface area contributed by atoms with Crippen LogP contribution in [0.15, 0.2) is 29.6 Å². The minimum absolute atomic E-state index is 0.0234. The molecule has 2 N–H and O–H groups in total. The highest BCUT2D eigenvalue weighted by atomic mass is 32.2. The molecule has 0 fully saturated rings. The SMILES string of the molecule is CCNc1cccnc1S(=O)(=O)Nc1ncc(C)s1. The monoisotopic (exact) mass is 298 g/mol. The zero-order chi connectivity index (χ0) is 13.9. The van der Waals surface area contributed by atoms with Crippen molar-refractivity contribution in [3.63, 3.8) is 0 Å². The second-order valence-electron chi connectivity index (χ2n) is 3.77. The molecule has 2 rings (SSSR count). The molecule has 8 heteroatoms. The van der Waals surface area contributed by atoms with Crippen LogP contribution in [0.5, 0.6) is 0 Å². The van der Waals surface area contributed by atoms with Gasteiger partial charge in [0.05, 0.1) is 5.69 Å². The van der Waals surface area contributed by atoms with Crippen molar-refractivity contribution in [2.24, 2.45) is 0 Å². The molecule has 2 heterocycles. The zero-order valence-corrected chi connectivity index (χ0v) is 12.2. The van der Waals surface area contributed by atoms with Crippen LogP contribution in [0.1, 0.15) is 11.8 Å². The van der Waals surface area contributed by atoms with E-state index in [1.54, 1.807) is 18.3 Å². The maximum Gasteiger partial charge on any atom is 0.283 e. The van der Waals surface area contributed by atoms with Crippen LogP contribution in [0.25, 0.3) is 0 Å². The van der Waals surface area contributed by atoms with Crippen LogP contribution in [0.2, 0.25) is 0 Å². The first kappa shape index (κ1) is 13.8. The Hall–Kier alpha value is -1.67. The number of nitrogens with one attached hydrogen (secondary N) is 2. The summed E-state index contributed by atoms with van der Waals surface area (Å²) < 4.78 is 27.0. The van der Waals surface area contributed by atoms with Gasteiger partial charge in [-0.05, 0) is 26.0 Å². The molecule has 6 nitrogen and oxygen atoms in total. The van der Waals surface area contributed by atoms with Crippen LogP contribution < -0.4 is 10.0 Å². The van der Waals surface area contributed by atoms with Crippen molar-refractivity contribution in [2.75, 3.05) is 16.6 Å². The largest absolute Gasteiger partial charge is 0.383 e. The number of aryl methyl sites for hydroxylation is 1. The normalized spacial score (nSPS) is 11.3. The third-order valence-corrected chi connectivity index (χ3v) is 4.49. The minimum atomic E-state index is -3.73. The molecule has 0 aromatic carbocycles. The summed E-state index contributed by atoms with van der Waals surface area (Å²) >= 11 is 1.28. The highest BCUT2D eigenvalue weighted by molar-refractivity contribution is 7.93. The number of aromatic nitrogens is 2.